The first-order chi connectivity index (χ1) is 11.0. The summed E-state index contributed by atoms with van der Waals surface area (Å²) in [6.07, 6.45) is 1.69. The predicted octanol–water partition coefficient (Wildman–Crippen LogP) is 2.25. The maximum absolute atomic E-state index is 12.8. The number of nitrogens with zero attached hydrogens (tertiary/aromatic N) is 2. The number of carbonyl (C=O) groups excluding carboxylic acids is 1. The first kappa shape index (κ1) is 14.5. The monoisotopic (exact) mass is 373 g/mol. The number of fused-ring (bicyclic) bond motifs is 3. The van der Waals surface area contributed by atoms with E-state index in [1.165, 1.54) is 0 Å². The van der Waals surface area contributed by atoms with E-state index in [-0.39, 0.29) is 11.5 Å². The van der Waals surface area contributed by atoms with Gasteiger partial charge in [-0.25, -0.2) is 4.68 Å². The van der Waals surface area contributed by atoms with Crippen LogP contribution in [0.1, 0.15) is 34.5 Å². The second-order valence-electron chi connectivity index (χ2n) is 6.05. The fourth-order valence-electron chi connectivity index (χ4n) is 3.72. The molecule has 1 N–H and O–H groups in total. The number of aryl methyl sites for hydroxylation is 1. The molecule has 0 saturated carbocycles. The minimum atomic E-state index is -0.650. The van der Waals surface area contributed by atoms with Gasteiger partial charge in [0.1, 0.15) is 5.69 Å². The lowest BCUT2D eigenvalue weighted by molar-refractivity contribution is 0.0833. The fraction of sp³-hybridized carbons (Fsp3) is 0.294. The molecule has 5 nitrogen and oxygen atoms in total. The van der Waals surface area contributed by atoms with Crippen molar-refractivity contribution in [3.05, 3.63) is 68.0 Å². The number of hydrogen-bond donors (Lipinski definition) is 1. The molecule has 6 heteroatoms. The number of carbonyl (C=O) groups is 1. The molecule has 1 amide bonds. The standard InChI is InChI=1S/C17H16BrN3O2/c1-11-10-13(18)16(23)21-14(11)15(22)19-17(8-5-9-20(17)21)12-6-3-2-4-7-12/h2-4,6-7,10H,5,8-9H2,1H3,(H,19,22). The minimum Gasteiger partial charge on any atom is -0.323 e. The molecule has 1 saturated heterocycles. The topological polar surface area (TPSA) is 54.3 Å². The largest absolute Gasteiger partial charge is 0.323 e. The molecule has 1 fully saturated rings. The number of aromatic nitrogens is 1. The molecule has 0 aliphatic carbocycles. The predicted molar refractivity (Wildman–Crippen MR) is 91.0 cm³/mol. The Balaban J connectivity index is 2.01. The molecule has 1 aromatic heterocycles. The second kappa shape index (κ2) is 4.96. The van der Waals surface area contributed by atoms with Crippen LogP contribution in [0.25, 0.3) is 0 Å². The van der Waals surface area contributed by atoms with Crippen molar-refractivity contribution < 1.29 is 4.79 Å². The third kappa shape index (κ3) is 1.91. The van der Waals surface area contributed by atoms with Gasteiger partial charge in [-0.05, 0) is 52.9 Å². The molecule has 0 bridgehead atoms. The lowest BCUT2D eigenvalue weighted by Crippen LogP contribution is -2.66. The van der Waals surface area contributed by atoms with E-state index in [0.29, 0.717) is 10.2 Å². The number of benzene rings is 1. The Kier molecular flexibility index (Phi) is 3.13. The number of rotatable bonds is 1. The second-order valence-corrected chi connectivity index (χ2v) is 6.90. The van der Waals surface area contributed by atoms with E-state index in [9.17, 15) is 9.59 Å². The summed E-state index contributed by atoms with van der Waals surface area (Å²) in [5.74, 6) is -0.200. The van der Waals surface area contributed by atoms with Crippen molar-refractivity contribution in [3.63, 3.8) is 0 Å². The van der Waals surface area contributed by atoms with Crippen LogP contribution in [0.5, 0.6) is 0 Å². The van der Waals surface area contributed by atoms with Gasteiger partial charge in [-0.15, -0.1) is 0 Å². The Hall–Kier alpha value is -2.08. The van der Waals surface area contributed by atoms with Gasteiger partial charge in [-0.3, -0.25) is 14.6 Å². The van der Waals surface area contributed by atoms with Crippen molar-refractivity contribution in [2.75, 3.05) is 11.6 Å². The molecule has 2 aliphatic heterocycles. The molecule has 2 aromatic rings. The fourth-order valence-corrected chi connectivity index (χ4v) is 4.24. The van der Waals surface area contributed by atoms with Gasteiger partial charge < -0.3 is 5.32 Å². The van der Waals surface area contributed by atoms with Crippen LogP contribution < -0.4 is 15.9 Å². The first-order valence-corrected chi connectivity index (χ1v) is 8.42. The number of hydrogen-bond acceptors (Lipinski definition) is 3. The summed E-state index contributed by atoms with van der Waals surface area (Å²) in [6.45, 7) is 2.57. The smallest absolute Gasteiger partial charge is 0.284 e. The van der Waals surface area contributed by atoms with Crippen LogP contribution in [0, 0.1) is 6.92 Å². The Morgan fingerprint density at radius 3 is 2.70 bits per heavy atom. The van der Waals surface area contributed by atoms with Gasteiger partial charge in [-0.2, -0.15) is 0 Å². The molecule has 4 rings (SSSR count). The number of nitrogens with one attached hydrogen (secondary N) is 1. The molecule has 0 spiro atoms. The summed E-state index contributed by atoms with van der Waals surface area (Å²) in [5.41, 5.74) is 1.36. The lowest BCUT2D eigenvalue weighted by Gasteiger charge is -2.46. The molecule has 1 aromatic carbocycles. The van der Waals surface area contributed by atoms with Crippen molar-refractivity contribution in [2.24, 2.45) is 0 Å². The third-order valence-electron chi connectivity index (χ3n) is 4.70. The zero-order chi connectivity index (χ0) is 16.2. The van der Waals surface area contributed by atoms with Crippen molar-refractivity contribution in [1.82, 2.24) is 9.99 Å². The number of halogens is 1. The summed E-state index contributed by atoms with van der Waals surface area (Å²) in [5, 5.41) is 5.16. The van der Waals surface area contributed by atoms with Crippen LogP contribution in [-0.2, 0) is 5.66 Å². The van der Waals surface area contributed by atoms with Crippen LogP contribution >= 0.6 is 15.9 Å². The van der Waals surface area contributed by atoms with E-state index >= 15 is 0 Å². The van der Waals surface area contributed by atoms with Gasteiger partial charge in [0.15, 0.2) is 5.66 Å². The first-order valence-electron chi connectivity index (χ1n) is 7.63. The van der Waals surface area contributed by atoms with Crippen LogP contribution in [-0.4, -0.2) is 17.1 Å². The maximum Gasteiger partial charge on any atom is 0.284 e. The normalized spacial score (nSPS) is 22.5. The molecule has 0 radical (unpaired) electrons. The molecule has 118 valence electrons. The van der Waals surface area contributed by atoms with Gasteiger partial charge in [0.2, 0.25) is 0 Å². The van der Waals surface area contributed by atoms with Gasteiger partial charge >= 0.3 is 0 Å². The Morgan fingerprint density at radius 2 is 1.96 bits per heavy atom. The van der Waals surface area contributed by atoms with Crippen LogP contribution in [0.2, 0.25) is 0 Å². The van der Waals surface area contributed by atoms with E-state index in [1.54, 1.807) is 10.7 Å². The van der Waals surface area contributed by atoms with Crippen molar-refractivity contribution in [1.29, 1.82) is 0 Å². The molecular formula is C17H16BrN3O2. The zero-order valence-electron chi connectivity index (χ0n) is 12.7. The van der Waals surface area contributed by atoms with Gasteiger partial charge in [0, 0.05) is 6.54 Å². The number of pyridine rings is 1. The molecule has 1 atom stereocenters. The summed E-state index contributed by atoms with van der Waals surface area (Å²) in [4.78, 5) is 25.5. The number of amides is 1. The van der Waals surface area contributed by atoms with Crippen LogP contribution in [0.3, 0.4) is 0 Å². The van der Waals surface area contributed by atoms with E-state index in [1.807, 2.05) is 42.3 Å². The maximum atomic E-state index is 12.8. The minimum absolute atomic E-state index is 0.192. The van der Waals surface area contributed by atoms with Crippen molar-refractivity contribution in [2.45, 2.75) is 25.4 Å². The average Bonchev–Trinajstić information content (AvgIpc) is 2.97. The Morgan fingerprint density at radius 1 is 1.22 bits per heavy atom. The molecule has 3 heterocycles. The molecule has 23 heavy (non-hydrogen) atoms. The zero-order valence-corrected chi connectivity index (χ0v) is 14.3. The highest BCUT2D eigenvalue weighted by molar-refractivity contribution is 9.10. The van der Waals surface area contributed by atoms with Crippen molar-refractivity contribution >= 4 is 21.8 Å². The van der Waals surface area contributed by atoms with Gasteiger partial charge in [-0.1, -0.05) is 30.3 Å². The van der Waals surface area contributed by atoms with Gasteiger partial charge in [0.25, 0.3) is 11.5 Å². The van der Waals surface area contributed by atoms with Crippen molar-refractivity contribution in [3.8, 4) is 0 Å². The van der Waals surface area contributed by atoms with Crippen LogP contribution in [0.15, 0.2) is 45.7 Å². The summed E-state index contributed by atoms with van der Waals surface area (Å²) in [6, 6.07) is 11.6. The highest BCUT2D eigenvalue weighted by atomic mass is 79.9. The van der Waals surface area contributed by atoms with E-state index in [2.05, 4.69) is 21.2 Å². The van der Waals surface area contributed by atoms with Gasteiger partial charge in [0.05, 0.1) is 4.47 Å². The van der Waals surface area contributed by atoms with E-state index < -0.39 is 5.66 Å². The van der Waals surface area contributed by atoms with E-state index in [4.69, 9.17) is 0 Å². The molecular weight excluding hydrogens is 358 g/mol. The van der Waals surface area contributed by atoms with Crippen LogP contribution in [0.4, 0.5) is 0 Å². The summed E-state index contributed by atoms with van der Waals surface area (Å²) < 4.78 is 2.03. The quantitative estimate of drug-likeness (QED) is 0.833. The average molecular weight is 374 g/mol. The third-order valence-corrected chi connectivity index (χ3v) is 5.27. The lowest BCUT2D eigenvalue weighted by atomic mass is 9.95. The highest BCUT2D eigenvalue weighted by Gasteiger charge is 2.49. The Bertz CT molecular complexity index is 862. The summed E-state index contributed by atoms with van der Waals surface area (Å²) >= 11 is 3.32. The Labute approximate surface area is 142 Å². The molecule has 1 unspecified atom stereocenters. The summed E-state index contributed by atoms with van der Waals surface area (Å²) in [7, 11) is 0. The van der Waals surface area contributed by atoms with E-state index in [0.717, 1.165) is 30.5 Å². The SMILES string of the molecule is Cc1cc(Br)c(=O)n2c1C(=O)NC1(c3ccccc3)CCCN21. The molecule has 2 aliphatic rings. The highest BCUT2D eigenvalue weighted by Crippen LogP contribution is 2.38.